The highest BCUT2D eigenvalue weighted by Crippen LogP contribution is 2.24. The van der Waals surface area contributed by atoms with Crippen LogP contribution in [-0.4, -0.2) is 24.0 Å². The number of ether oxygens (including phenoxy) is 1. The second-order valence-corrected chi connectivity index (χ2v) is 6.65. The van der Waals surface area contributed by atoms with Crippen molar-refractivity contribution in [2.45, 2.75) is 26.2 Å². The van der Waals surface area contributed by atoms with Gasteiger partial charge in [-0.25, -0.2) is 0 Å². The van der Waals surface area contributed by atoms with E-state index in [0.29, 0.717) is 18.3 Å². The molecule has 1 saturated heterocycles. The van der Waals surface area contributed by atoms with Crippen molar-refractivity contribution in [2.24, 2.45) is 11.8 Å². The number of piperidine rings is 1. The highest BCUT2D eigenvalue weighted by atomic mass is 16.5. The summed E-state index contributed by atoms with van der Waals surface area (Å²) in [5.41, 5.74) is 0.793. The number of carbonyl (C=O) groups is 1. The maximum absolute atomic E-state index is 12.3. The summed E-state index contributed by atoms with van der Waals surface area (Å²) in [5.74, 6) is 2.52. The number of amides is 1. The molecule has 0 saturated carbocycles. The Morgan fingerprint density at radius 2 is 1.96 bits per heavy atom. The van der Waals surface area contributed by atoms with E-state index in [1.165, 1.54) is 12.8 Å². The van der Waals surface area contributed by atoms with E-state index < -0.39 is 0 Å². The fourth-order valence-corrected chi connectivity index (χ4v) is 3.18. The lowest BCUT2D eigenvalue weighted by Gasteiger charge is -2.28. The van der Waals surface area contributed by atoms with Crippen molar-refractivity contribution < 1.29 is 9.53 Å². The average Bonchev–Trinajstić information content (AvgIpc) is 2.65. The quantitative estimate of drug-likeness (QED) is 0.839. The van der Waals surface area contributed by atoms with Crippen LogP contribution in [0.25, 0.3) is 0 Å². The Kier molecular flexibility index (Phi) is 6.01. The summed E-state index contributed by atoms with van der Waals surface area (Å²) in [6.07, 6.45) is 6.35. The molecule has 0 spiro atoms. The molecular weight excluding hydrogens is 314 g/mol. The van der Waals surface area contributed by atoms with Crippen LogP contribution in [-0.2, 0) is 4.79 Å². The van der Waals surface area contributed by atoms with Crippen molar-refractivity contribution in [3.05, 3.63) is 48.8 Å². The molecule has 1 aromatic heterocycles. The zero-order valence-electron chi connectivity index (χ0n) is 14.6. The first kappa shape index (κ1) is 17.4. The van der Waals surface area contributed by atoms with E-state index in [9.17, 15) is 4.79 Å². The minimum Gasteiger partial charge on any atom is -0.457 e. The molecule has 25 heavy (non-hydrogen) atoms. The molecule has 2 unspecified atom stereocenters. The van der Waals surface area contributed by atoms with Crippen LogP contribution < -0.4 is 15.4 Å². The lowest BCUT2D eigenvalue weighted by atomic mass is 9.85. The van der Waals surface area contributed by atoms with Gasteiger partial charge in [0.25, 0.3) is 0 Å². The first-order chi connectivity index (χ1) is 12.2. The maximum Gasteiger partial charge on any atom is 0.224 e. The smallest absolute Gasteiger partial charge is 0.224 e. The molecule has 1 fully saturated rings. The molecule has 132 valence electrons. The normalized spacial score (nSPS) is 18.4. The summed E-state index contributed by atoms with van der Waals surface area (Å²) in [7, 11) is 0. The van der Waals surface area contributed by atoms with Crippen LogP contribution in [0.4, 0.5) is 5.69 Å². The molecule has 5 nitrogen and oxygen atoms in total. The summed E-state index contributed by atoms with van der Waals surface area (Å²) in [5, 5.41) is 6.39. The minimum atomic E-state index is 0.0703. The Hall–Kier alpha value is -2.40. The van der Waals surface area contributed by atoms with Crippen LogP contribution in [0, 0.1) is 11.8 Å². The number of hydrogen-bond acceptors (Lipinski definition) is 4. The monoisotopic (exact) mass is 339 g/mol. The molecule has 2 heterocycles. The number of rotatable bonds is 6. The Labute approximate surface area is 148 Å². The van der Waals surface area contributed by atoms with Gasteiger partial charge in [0.15, 0.2) is 0 Å². The van der Waals surface area contributed by atoms with Gasteiger partial charge in [0.2, 0.25) is 5.91 Å². The molecule has 0 aliphatic carbocycles. The summed E-state index contributed by atoms with van der Waals surface area (Å²) >= 11 is 0. The zero-order valence-corrected chi connectivity index (χ0v) is 14.6. The first-order valence-electron chi connectivity index (χ1n) is 8.89. The third-order valence-electron chi connectivity index (χ3n) is 4.67. The summed E-state index contributed by atoms with van der Waals surface area (Å²) in [6.45, 7) is 4.29. The molecule has 1 amide bonds. The predicted octanol–water partition coefficient (Wildman–Crippen LogP) is 3.84. The van der Waals surface area contributed by atoms with E-state index in [2.05, 4.69) is 22.5 Å². The number of hydrogen-bond donors (Lipinski definition) is 2. The number of nitrogens with one attached hydrogen (secondary N) is 2. The molecule has 1 aliphatic heterocycles. The van der Waals surface area contributed by atoms with Crippen molar-refractivity contribution >= 4 is 11.6 Å². The van der Waals surface area contributed by atoms with Crippen LogP contribution in [0.2, 0.25) is 0 Å². The van der Waals surface area contributed by atoms with Gasteiger partial charge >= 0.3 is 0 Å². The highest BCUT2D eigenvalue weighted by molar-refractivity contribution is 5.90. The van der Waals surface area contributed by atoms with Crippen molar-refractivity contribution in [3.8, 4) is 11.5 Å². The maximum atomic E-state index is 12.3. The van der Waals surface area contributed by atoms with E-state index in [4.69, 9.17) is 4.74 Å². The number of pyridine rings is 1. The van der Waals surface area contributed by atoms with Crippen molar-refractivity contribution in [1.82, 2.24) is 10.3 Å². The second kappa shape index (κ2) is 8.62. The van der Waals surface area contributed by atoms with E-state index in [1.54, 1.807) is 24.5 Å². The number of benzene rings is 1. The largest absolute Gasteiger partial charge is 0.457 e. The minimum absolute atomic E-state index is 0.0703. The van der Waals surface area contributed by atoms with E-state index in [0.717, 1.165) is 30.3 Å². The van der Waals surface area contributed by atoms with E-state index in [-0.39, 0.29) is 5.91 Å². The Morgan fingerprint density at radius 1 is 1.24 bits per heavy atom. The van der Waals surface area contributed by atoms with Gasteiger partial charge < -0.3 is 15.4 Å². The molecule has 3 rings (SSSR count). The fourth-order valence-electron chi connectivity index (χ4n) is 3.18. The van der Waals surface area contributed by atoms with Gasteiger partial charge in [-0.3, -0.25) is 9.78 Å². The van der Waals surface area contributed by atoms with E-state index >= 15 is 0 Å². The fraction of sp³-hybridized carbons (Fsp3) is 0.400. The molecule has 1 aliphatic rings. The lowest BCUT2D eigenvalue weighted by molar-refractivity contribution is -0.117. The highest BCUT2D eigenvalue weighted by Gasteiger charge is 2.22. The van der Waals surface area contributed by atoms with Gasteiger partial charge in [0.05, 0.1) is 0 Å². The number of carbonyl (C=O) groups excluding carboxylic acids is 1. The third-order valence-corrected chi connectivity index (χ3v) is 4.67. The predicted molar refractivity (Wildman–Crippen MR) is 98.8 cm³/mol. The Bertz CT molecular complexity index is 667. The third kappa shape index (κ3) is 5.29. The zero-order chi connectivity index (χ0) is 17.5. The SMILES string of the molecule is CC(CC(=O)Nc1ccc(Oc2ccncc2)cc1)C1CCCNC1. The summed E-state index contributed by atoms with van der Waals surface area (Å²) in [4.78, 5) is 16.2. The first-order valence-corrected chi connectivity index (χ1v) is 8.89. The van der Waals surface area contributed by atoms with Gasteiger partial charge in [0, 0.05) is 24.5 Å². The molecule has 2 aromatic rings. The van der Waals surface area contributed by atoms with Crippen LogP contribution in [0.1, 0.15) is 26.2 Å². The number of aromatic nitrogens is 1. The van der Waals surface area contributed by atoms with Gasteiger partial charge in [0.1, 0.15) is 11.5 Å². The van der Waals surface area contributed by atoms with Crippen LogP contribution in [0.15, 0.2) is 48.8 Å². The summed E-state index contributed by atoms with van der Waals surface area (Å²) < 4.78 is 5.72. The lowest BCUT2D eigenvalue weighted by Crippen LogP contribution is -2.34. The standard InChI is InChI=1S/C20H25N3O2/c1-15(16-3-2-10-22-14-16)13-20(24)23-17-4-6-18(7-5-17)25-19-8-11-21-12-9-19/h4-9,11-12,15-16,22H,2-3,10,13-14H2,1H3,(H,23,24). The number of anilines is 1. The van der Waals surface area contributed by atoms with Gasteiger partial charge in [-0.15, -0.1) is 0 Å². The Balaban J connectivity index is 1.49. The topological polar surface area (TPSA) is 63.2 Å². The number of nitrogens with zero attached hydrogens (tertiary/aromatic N) is 1. The molecule has 0 radical (unpaired) electrons. The molecular formula is C20H25N3O2. The van der Waals surface area contributed by atoms with Crippen molar-refractivity contribution in [2.75, 3.05) is 18.4 Å². The van der Waals surface area contributed by atoms with Crippen molar-refractivity contribution in [3.63, 3.8) is 0 Å². The van der Waals surface area contributed by atoms with Crippen molar-refractivity contribution in [1.29, 1.82) is 0 Å². The second-order valence-electron chi connectivity index (χ2n) is 6.65. The molecule has 2 atom stereocenters. The molecule has 0 bridgehead atoms. The van der Waals surface area contributed by atoms with Gasteiger partial charge in [-0.1, -0.05) is 6.92 Å². The average molecular weight is 339 g/mol. The summed E-state index contributed by atoms with van der Waals surface area (Å²) in [6, 6.07) is 11.0. The van der Waals surface area contributed by atoms with Gasteiger partial charge in [-0.05, 0) is 74.2 Å². The van der Waals surface area contributed by atoms with Crippen LogP contribution >= 0.6 is 0 Å². The van der Waals surface area contributed by atoms with E-state index in [1.807, 2.05) is 24.3 Å². The van der Waals surface area contributed by atoms with Crippen LogP contribution in [0.3, 0.4) is 0 Å². The van der Waals surface area contributed by atoms with Crippen LogP contribution in [0.5, 0.6) is 11.5 Å². The molecule has 1 aromatic carbocycles. The molecule has 5 heteroatoms. The Morgan fingerprint density at radius 3 is 2.64 bits per heavy atom. The molecule has 2 N–H and O–H groups in total. The van der Waals surface area contributed by atoms with Gasteiger partial charge in [-0.2, -0.15) is 0 Å².